The molecule has 10 heteroatoms. The predicted octanol–water partition coefficient (Wildman–Crippen LogP) is 1.48. The summed E-state index contributed by atoms with van der Waals surface area (Å²) < 4.78 is 5.14. The van der Waals surface area contributed by atoms with Gasteiger partial charge in [-0.3, -0.25) is 19.8 Å². The third-order valence-corrected chi connectivity index (χ3v) is 3.39. The summed E-state index contributed by atoms with van der Waals surface area (Å²) in [6.45, 7) is 5.72. The van der Waals surface area contributed by atoms with Crippen LogP contribution in [-0.4, -0.2) is 64.9 Å². The van der Waals surface area contributed by atoms with Gasteiger partial charge in [0.05, 0.1) is 0 Å². The van der Waals surface area contributed by atoms with Gasteiger partial charge in [0.1, 0.15) is 18.7 Å². The fraction of sp³-hybridized carbons (Fsp3) is 0.444. The molecule has 0 aliphatic heterocycles. The number of carbonyl (C=O) groups excluding carboxylic acids is 2. The molecule has 0 radical (unpaired) electrons. The third kappa shape index (κ3) is 7.14. The summed E-state index contributed by atoms with van der Waals surface area (Å²) in [5, 5.41) is 18.9. The van der Waals surface area contributed by atoms with Crippen molar-refractivity contribution in [2.24, 2.45) is 0 Å². The molecule has 0 aliphatic carbocycles. The second-order valence-corrected chi connectivity index (χ2v) is 7.13. The normalized spacial score (nSPS) is 10.8. The minimum Gasteiger partial charge on any atom is -0.480 e. The number of ether oxygens (including phenoxy) is 1. The third-order valence-electron chi connectivity index (χ3n) is 3.39. The number of carboxylic acids is 2. The van der Waals surface area contributed by atoms with Crippen LogP contribution in [0.3, 0.4) is 0 Å². The average Bonchev–Trinajstić information content (AvgIpc) is 2.51. The van der Waals surface area contributed by atoms with E-state index in [2.05, 4.69) is 5.43 Å². The van der Waals surface area contributed by atoms with E-state index < -0.39 is 42.6 Å². The van der Waals surface area contributed by atoms with Gasteiger partial charge >= 0.3 is 18.0 Å². The summed E-state index contributed by atoms with van der Waals surface area (Å²) >= 11 is 0. The summed E-state index contributed by atoms with van der Waals surface area (Å²) in [6.07, 6.45) is -0.733. The second-order valence-electron chi connectivity index (χ2n) is 7.13. The number of anilines is 1. The monoisotopic (exact) mass is 395 g/mol. The Morgan fingerprint density at radius 3 is 2.04 bits per heavy atom. The molecule has 0 saturated heterocycles. The van der Waals surface area contributed by atoms with E-state index in [-0.39, 0.29) is 5.56 Å². The Bertz CT molecular complexity index is 755. The van der Waals surface area contributed by atoms with Crippen molar-refractivity contribution in [1.82, 2.24) is 10.4 Å². The maximum atomic E-state index is 12.4. The highest BCUT2D eigenvalue weighted by molar-refractivity contribution is 5.95. The average molecular weight is 395 g/mol. The molecule has 3 N–H and O–H groups in total. The Labute approximate surface area is 162 Å². The number of amides is 2. The molecule has 0 heterocycles. The highest BCUT2D eigenvalue weighted by Crippen LogP contribution is 2.21. The van der Waals surface area contributed by atoms with Gasteiger partial charge in [0.25, 0.3) is 5.91 Å². The number of aliphatic carboxylic acids is 2. The molecule has 0 spiro atoms. The maximum Gasteiger partial charge on any atom is 0.428 e. The minimum absolute atomic E-state index is 0.210. The topological polar surface area (TPSA) is 136 Å². The largest absolute Gasteiger partial charge is 0.480 e. The Kier molecular flexibility index (Phi) is 7.36. The first-order chi connectivity index (χ1) is 12.8. The Morgan fingerprint density at radius 1 is 1.07 bits per heavy atom. The fourth-order valence-corrected chi connectivity index (χ4v) is 2.30. The molecule has 28 heavy (non-hydrogen) atoms. The molecule has 10 nitrogen and oxygen atoms in total. The van der Waals surface area contributed by atoms with Crippen LogP contribution in [-0.2, 0) is 14.3 Å². The van der Waals surface area contributed by atoms with Gasteiger partial charge in [-0.05, 0) is 51.5 Å². The first kappa shape index (κ1) is 22.7. The van der Waals surface area contributed by atoms with Gasteiger partial charge in [-0.2, -0.15) is 0 Å². The van der Waals surface area contributed by atoms with Gasteiger partial charge in [0.15, 0.2) is 0 Å². The van der Waals surface area contributed by atoms with E-state index in [9.17, 15) is 19.2 Å². The molecule has 0 atom stereocenters. The highest BCUT2D eigenvalue weighted by Gasteiger charge is 2.22. The van der Waals surface area contributed by atoms with Crippen LogP contribution in [0.25, 0.3) is 0 Å². The number of carboxylic acid groups (broad SMARTS) is 2. The zero-order valence-electron chi connectivity index (χ0n) is 16.5. The van der Waals surface area contributed by atoms with Crippen molar-refractivity contribution in [1.29, 1.82) is 0 Å². The summed E-state index contributed by atoms with van der Waals surface area (Å²) in [7, 11) is 1.34. The van der Waals surface area contributed by atoms with Crippen LogP contribution in [0.5, 0.6) is 0 Å². The van der Waals surface area contributed by atoms with E-state index >= 15 is 0 Å². The molecule has 2 amide bonds. The van der Waals surface area contributed by atoms with Gasteiger partial charge in [-0.25, -0.2) is 9.80 Å². The Balaban J connectivity index is 2.95. The molecule has 154 valence electrons. The molecule has 1 aromatic carbocycles. The number of carbonyl (C=O) groups is 4. The quantitative estimate of drug-likeness (QED) is 0.616. The molecule has 0 fully saturated rings. The van der Waals surface area contributed by atoms with Crippen molar-refractivity contribution in [3.05, 3.63) is 29.3 Å². The molecule has 1 rings (SSSR count). The van der Waals surface area contributed by atoms with Crippen LogP contribution in [0.4, 0.5) is 10.5 Å². The maximum absolute atomic E-state index is 12.4. The standard InChI is InChI=1S/C18H25N3O7/c1-11-8-12(16(26)19-20(5)17(27)28-18(2,3)4)6-7-13(11)21(9-14(22)23)10-15(24)25/h6-8H,9-10H2,1-5H3,(H,19,26)(H,22,23)(H,24,25). The SMILES string of the molecule is Cc1cc(C(=O)NN(C)C(=O)OC(C)(C)C)ccc1N(CC(=O)O)CC(=O)O. The number of hydrazine groups is 1. The fourth-order valence-electron chi connectivity index (χ4n) is 2.30. The highest BCUT2D eigenvalue weighted by atomic mass is 16.6. The van der Waals surface area contributed by atoms with Crippen molar-refractivity contribution >= 4 is 29.6 Å². The number of benzene rings is 1. The predicted molar refractivity (Wildman–Crippen MR) is 100 cm³/mol. The number of hydrogen-bond acceptors (Lipinski definition) is 6. The summed E-state index contributed by atoms with van der Waals surface area (Å²) in [5.74, 6) is -2.94. The zero-order valence-corrected chi connectivity index (χ0v) is 16.5. The van der Waals surface area contributed by atoms with Gasteiger partial charge < -0.3 is 19.8 Å². The number of nitrogens with zero attached hydrogens (tertiary/aromatic N) is 2. The number of rotatable bonds is 6. The van der Waals surface area contributed by atoms with E-state index in [4.69, 9.17) is 14.9 Å². The van der Waals surface area contributed by atoms with Gasteiger partial charge in [0.2, 0.25) is 0 Å². The molecule has 1 aromatic rings. The van der Waals surface area contributed by atoms with E-state index in [1.807, 2.05) is 0 Å². The van der Waals surface area contributed by atoms with Crippen LogP contribution < -0.4 is 10.3 Å². The van der Waals surface area contributed by atoms with Crippen LogP contribution >= 0.6 is 0 Å². The Hall–Kier alpha value is -3.30. The number of nitrogens with one attached hydrogen (secondary N) is 1. The van der Waals surface area contributed by atoms with E-state index in [0.29, 0.717) is 11.3 Å². The van der Waals surface area contributed by atoms with Gasteiger partial charge in [-0.15, -0.1) is 0 Å². The van der Waals surface area contributed by atoms with Gasteiger partial charge in [0, 0.05) is 18.3 Å². The smallest absolute Gasteiger partial charge is 0.428 e. The van der Waals surface area contributed by atoms with E-state index in [0.717, 1.165) is 5.01 Å². The van der Waals surface area contributed by atoms with E-state index in [1.54, 1.807) is 27.7 Å². The Morgan fingerprint density at radius 2 is 1.61 bits per heavy atom. The van der Waals surface area contributed by atoms with Crippen LogP contribution in [0.1, 0.15) is 36.7 Å². The lowest BCUT2D eigenvalue weighted by atomic mass is 10.1. The lowest BCUT2D eigenvalue weighted by Crippen LogP contribution is -2.45. The first-order valence-corrected chi connectivity index (χ1v) is 8.37. The molecule has 0 bridgehead atoms. The molecule has 0 aliphatic rings. The van der Waals surface area contributed by atoms with Crippen LogP contribution in [0.2, 0.25) is 0 Å². The zero-order chi connectivity index (χ0) is 21.6. The lowest BCUT2D eigenvalue weighted by molar-refractivity contribution is -0.136. The molecule has 0 saturated carbocycles. The van der Waals surface area contributed by atoms with Gasteiger partial charge in [-0.1, -0.05) is 0 Å². The second kappa shape index (κ2) is 9.07. The van der Waals surface area contributed by atoms with Crippen molar-refractivity contribution in [2.75, 3.05) is 25.0 Å². The number of hydrogen-bond donors (Lipinski definition) is 3. The molecule has 0 unspecified atom stereocenters. The summed E-state index contributed by atoms with van der Waals surface area (Å²) in [5.41, 5.74) is 2.76. The first-order valence-electron chi connectivity index (χ1n) is 8.37. The molecular formula is C18H25N3O7. The minimum atomic E-state index is -1.18. The van der Waals surface area contributed by atoms with Crippen LogP contribution in [0, 0.1) is 6.92 Å². The number of aryl methyl sites for hydroxylation is 1. The summed E-state index contributed by atoms with van der Waals surface area (Å²) in [4.78, 5) is 47.4. The summed E-state index contributed by atoms with van der Waals surface area (Å²) in [6, 6.07) is 4.35. The molecular weight excluding hydrogens is 370 g/mol. The van der Waals surface area contributed by atoms with Crippen molar-refractivity contribution < 1.29 is 34.1 Å². The van der Waals surface area contributed by atoms with Crippen LogP contribution in [0.15, 0.2) is 18.2 Å². The lowest BCUT2D eigenvalue weighted by Gasteiger charge is -2.25. The van der Waals surface area contributed by atoms with Crippen molar-refractivity contribution in [3.8, 4) is 0 Å². The van der Waals surface area contributed by atoms with Crippen molar-refractivity contribution in [2.45, 2.75) is 33.3 Å². The molecule has 0 aromatic heterocycles. The van der Waals surface area contributed by atoms with E-state index in [1.165, 1.54) is 30.1 Å². The van der Waals surface area contributed by atoms with Crippen molar-refractivity contribution in [3.63, 3.8) is 0 Å².